The molecule has 0 saturated carbocycles. The van der Waals surface area contributed by atoms with Crippen LogP contribution in [0, 0.1) is 17.5 Å². The fraction of sp³-hybridized carbons (Fsp3) is 0.242. The van der Waals surface area contributed by atoms with Gasteiger partial charge in [-0.15, -0.1) is 0 Å². The molecular formula is C33H26F10N2O2. The molecular weight excluding hydrogens is 646 g/mol. The fourth-order valence-corrected chi connectivity index (χ4v) is 4.98. The number of alkyl halides is 7. The zero-order chi connectivity index (χ0) is 34.7. The Labute approximate surface area is 262 Å². The van der Waals surface area contributed by atoms with Gasteiger partial charge in [-0.05, 0) is 73.3 Å². The Morgan fingerprint density at radius 3 is 2.09 bits per heavy atom. The van der Waals surface area contributed by atoms with Gasteiger partial charge in [0.2, 0.25) is 0 Å². The molecule has 1 amide bonds. The van der Waals surface area contributed by atoms with Gasteiger partial charge >= 0.3 is 18.7 Å². The van der Waals surface area contributed by atoms with E-state index in [1.807, 2.05) is 0 Å². The molecule has 0 saturated heterocycles. The predicted molar refractivity (Wildman–Crippen MR) is 152 cm³/mol. The fourth-order valence-electron chi connectivity index (χ4n) is 4.98. The maximum Gasteiger partial charge on any atom is 0.461 e. The molecule has 0 heterocycles. The Kier molecular flexibility index (Phi) is 10.2. The molecule has 1 atom stereocenters. The summed E-state index contributed by atoms with van der Waals surface area (Å²) < 4.78 is 143. The monoisotopic (exact) mass is 672 g/mol. The van der Waals surface area contributed by atoms with Gasteiger partial charge in [-0.25, -0.2) is 13.2 Å². The minimum atomic E-state index is -5.19. The molecule has 250 valence electrons. The topological polar surface area (TPSA) is 41.6 Å². The number of ether oxygens (including phenoxy) is 1. The molecule has 4 nitrogen and oxygen atoms in total. The van der Waals surface area contributed by atoms with Gasteiger partial charge in [0.1, 0.15) is 23.2 Å². The molecule has 4 aromatic rings. The number of nitrogens with one attached hydrogen (secondary N) is 1. The highest BCUT2D eigenvalue weighted by Gasteiger charge is 2.45. The zero-order valence-electron chi connectivity index (χ0n) is 24.6. The van der Waals surface area contributed by atoms with Crippen LogP contribution in [0.3, 0.4) is 0 Å². The third-order valence-corrected chi connectivity index (χ3v) is 7.07. The van der Waals surface area contributed by atoms with Gasteiger partial charge in [0.05, 0.1) is 11.1 Å². The lowest BCUT2D eigenvalue weighted by Gasteiger charge is -2.37. The summed E-state index contributed by atoms with van der Waals surface area (Å²) >= 11 is 0. The minimum absolute atomic E-state index is 0.0000638. The van der Waals surface area contributed by atoms with E-state index in [1.165, 1.54) is 12.1 Å². The number of amides is 1. The summed E-state index contributed by atoms with van der Waals surface area (Å²) in [6.07, 6.45) is -14.9. The molecule has 0 fully saturated rings. The molecule has 14 heteroatoms. The first-order valence-electron chi connectivity index (χ1n) is 13.7. The lowest BCUT2D eigenvalue weighted by Crippen LogP contribution is -2.49. The number of rotatable bonds is 11. The van der Waals surface area contributed by atoms with Crippen molar-refractivity contribution >= 4 is 5.91 Å². The van der Waals surface area contributed by atoms with E-state index in [0.717, 1.165) is 24.3 Å². The Bertz CT molecular complexity index is 1730. The summed E-state index contributed by atoms with van der Waals surface area (Å²) in [6, 6.07) is 14.8. The second-order valence-corrected chi connectivity index (χ2v) is 10.9. The van der Waals surface area contributed by atoms with Crippen molar-refractivity contribution in [2.45, 2.75) is 37.2 Å². The molecule has 1 N–H and O–H groups in total. The Morgan fingerprint density at radius 2 is 1.47 bits per heavy atom. The number of carbonyl (C=O) groups excluding carboxylic acids is 1. The average Bonchev–Trinajstić information content (AvgIpc) is 2.97. The van der Waals surface area contributed by atoms with Gasteiger partial charge < -0.3 is 15.0 Å². The van der Waals surface area contributed by atoms with Crippen LogP contribution >= 0.6 is 0 Å². The largest absolute Gasteiger partial charge is 0.461 e. The highest BCUT2D eigenvalue weighted by Crippen LogP contribution is 2.39. The van der Waals surface area contributed by atoms with Gasteiger partial charge in [0.15, 0.2) is 0 Å². The summed E-state index contributed by atoms with van der Waals surface area (Å²) in [5, 5.41) is 2.54. The molecule has 0 bridgehead atoms. The zero-order valence-corrected chi connectivity index (χ0v) is 24.6. The van der Waals surface area contributed by atoms with E-state index in [9.17, 15) is 44.3 Å². The molecule has 0 aromatic heterocycles. The van der Waals surface area contributed by atoms with Gasteiger partial charge in [-0.3, -0.25) is 4.79 Å². The third-order valence-electron chi connectivity index (χ3n) is 7.07. The number of halogens is 10. The number of benzene rings is 4. The second kappa shape index (κ2) is 13.6. The molecule has 0 radical (unpaired) electrons. The highest BCUT2D eigenvalue weighted by atomic mass is 19.4. The summed E-state index contributed by atoms with van der Waals surface area (Å²) in [6.45, 7) is 0.0000638. The summed E-state index contributed by atoms with van der Waals surface area (Å²) in [4.78, 5) is 15.4. The SMILES string of the molecule is CN(C)Cc1cc([C@@](Cc2ccccc2)(NC(=O)c2ccc(F)c(C(F)(F)F)c2)c2cc(F)cc(OC(F)(F)C(F)F)c2)ccc1F. The molecule has 4 aromatic carbocycles. The standard InChI is InChI=1S/C33H26F10N2O2/c1-45(2)18-21-12-22(9-11-27(21)35)31(17-19-6-4-3-5-7-19,23-14-24(34)16-25(15-23)47-33(42,43)30(37)38)44-29(46)20-8-10-28(36)26(13-20)32(39,40)41/h3-16,30H,17-18H2,1-2H3,(H,44,46)/t31-/m1/s1. The van der Waals surface area contributed by atoms with Crippen molar-refractivity contribution in [3.63, 3.8) is 0 Å². The van der Waals surface area contributed by atoms with Crippen LogP contribution in [0.25, 0.3) is 0 Å². The maximum atomic E-state index is 15.1. The summed E-state index contributed by atoms with van der Waals surface area (Å²) in [5.74, 6) is -5.96. The molecule has 0 aliphatic rings. The normalized spacial score (nSPS) is 13.5. The number of hydrogen-bond donors (Lipinski definition) is 1. The Morgan fingerprint density at radius 1 is 0.809 bits per heavy atom. The van der Waals surface area contributed by atoms with Crippen molar-refractivity contribution in [2.24, 2.45) is 0 Å². The van der Waals surface area contributed by atoms with Crippen LogP contribution in [0.4, 0.5) is 43.9 Å². The maximum absolute atomic E-state index is 15.1. The van der Waals surface area contributed by atoms with E-state index in [-0.39, 0.29) is 35.7 Å². The van der Waals surface area contributed by atoms with Gasteiger partial charge in [-0.1, -0.05) is 36.4 Å². The molecule has 47 heavy (non-hydrogen) atoms. The number of carbonyl (C=O) groups is 1. The lowest BCUT2D eigenvalue weighted by molar-refractivity contribution is -0.253. The summed E-state index contributed by atoms with van der Waals surface area (Å²) in [7, 11) is 3.24. The third kappa shape index (κ3) is 8.23. The Hall–Kier alpha value is -4.59. The first-order valence-corrected chi connectivity index (χ1v) is 13.7. The van der Waals surface area contributed by atoms with Crippen molar-refractivity contribution in [3.05, 3.63) is 136 Å². The molecule has 0 aliphatic heterocycles. The van der Waals surface area contributed by atoms with Crippen LogP contribution in [0.15, 0.2) is 84.9 Å². The number of nitrogens with zero attached hydrogens (tertiary/aromatic N) is 1. The molecule has 0 aliphatic carbocycles. The van der Waals surface area contributed by atoms with E-state index in [1.54, 1.807) is 49.3 Å². The van der Waals surface area contributed by atoms with Crippen LogP contribution in [0.5, 0.6) is 5.75 Å². The van der Waals surface area contributed by atoms with Gasteiger partial charge in [0.25, 0.3) is 5.91 Å². The van der Waals surface area contributed by atoms with Crippen molar-refractivity contribution in [1.29, 1.82) is 0 Å². The quantitative estimate of drug-likeness (QED) is 0.163. The van der Waals surface area contributed by atoms with Crippen molar-refractivity contribution in [2.75, 3.05) is 14.1 Å². The van der Waals surface area contributed by atoms with E-state index < -0.39 is 64.5 Å². The van der Waals surface area contributed by atoms with Gasteiger partial charge in [0, 0.05) is 30.2 Å². The van der Waals surface area contributed by atoms with E-state index >= 15 is 4.39 Å². The van der Waals surface area contributed by atoms with Crippen LogP contribution in [0.1, 0.15) is 38.2 Å². The molecule has 0 unspecified atom stereocenters. The second-order valence-electron chi connectivity index (χ2n) is 10.9. The molecule has 4 rings (SSSR count). The van der Waals surface area contributed by atoms with Crippen LogP contribution in [-0.4, -0.2) is 37.4 Å². The predicted octanol–water partition coefficient (Wildman–Crippen LogP) is 8.34. The highest BCUT2D eigenvalue weighted by molar-refractivity contribution is 5.95. The van der Waals surface area contributed by atoms with Crippen LogP contribution < -0.4 is 10.1 Å². The smallest absolute Gasteiger partial charge is 0.428 e. The van der Waals surface area contributed by atoms with E-state index in [2.05, 4.69) is 10.1 Å². The minimum Gasteiger partial charge on any atom is -0.428 e. The Balaban J connectivity index is 2.02. The summed E-state index contributed by atoms with van der Waals surface area (Å²) in [5.41, 5.74) is -4.48. The van der Waals surface area contributed by atoms with Crippen LogP contribution in [0.2, 0.25) is 0 Å². The van der Waals surface area contributed by atoms with Crippen molar-refractivity contribution < 1.29 is 53.4 Å². The van der Waals surface area contributed by atoms with E-state index in [4.69, 9.17) is 0 Å². The van der Waals surface area contributed by atoms with Crippen molar-refractivity contribution in [3.8, 4) is 5.75 Å². The molecule has 0 spiro atoms. The first-order chi connectivity index (χ1) is 21.9. The number of hydrogen-bond acceptors (Lipinski definition) is 3. The van der Waals surface area contributed by atoms with Gasteiger partial charge in [-0.2, -0.15) is 30.7 Å². The van der Waals surface area contributed by atoms with E-state index in [0.29, 0.717) is 17.7 Å². The van der Waals surface area contributed by atoms with Crippen molar-refractivity contribution in [1.82, 2.24) is 10.2 Å². The average molecular weight is 673 g/mol. The first kappa shape index (κ1) is 35.3. The van der Waals surface area contributed by atoms with Crippen LogP contribution in [-0.2, 0) is 24.7 Å². The lowest BCUT2D eigenvalue weighted by atomic mass is 9.77.